The largest absolute Gasteiger partial charge is 0.462 e. The molecule has 1 unspecified atom stereocenters. The van der Waals surface area contributed by atoms with Gasteiger partial charge >= 0.3 is 23.9 Å². The van der Waals surface area contributed by atoms with E-state index in [1.807, 2.05) is 5.32 Å². The summed E-state index contributed by atoms with van der Waals surface area (Å²) in [6, 6.07) is 2.86. The molecule has 0 saturated carbocycles. The van der Waals surface area contributed by atoms with Crippen molar-refractivity contribution in [3.63, 3.8) is 0 Å². The number of hydrogen-bond donors (Lipinski definition) is 2. The number of carbonyl (C=O) groups is 2. The first-order chi connectivity index (χ1) is 10.7. The topological polar surface area (TPSA) is 76.7 Å². The van der Waals surface area contributed by atoms with Crippen LogP contribution < -0.4 is 10.6 Å². The number of rotatable bonds is 5. The molecule has 0 fully saturated rings. The molecule has 2 N–H and O–H groups in total. The lowest BCUT2D eigenvalue weighted by molar-refractivity contribution is -0.276. The highest BCUT2D eigenvalue weighted by Crippen LogP contribution is 2.32. The van der Waals surface area contributed by atoms with Gasteiger partial charge in [0.15, 0.2) is 0 Å². The minimum Gasteiger partial charge on any atom is -0.462 e. The van der Waals surface area contributed by atoms with Crippen molar-refractivity contribution in [2.24, 2.45) is 0 Å². The Labute approximate surface area is 128 Å². The highest BCUT2D eigenvalue weighted by Gasteiger charge is 2.64. The third-order valence-electron chi connectivity index (χ3n) is 2.66. The molecule has 0 spiro atoms. The van der Waals surface area contributed by atoms with Gasteiger partial charge in [-0.15, -0.1) is 0 Å². The molecule has 1 atom stereocenters. The molecule has 0 saturated heterocycles. The average molecular weight is 338 g/mol. The van der Waals surface area contributed by atoms with Crippen LogP contribution in [0.25, 0.3) is 0 Å². The molecule has 2 amide bonds. The van der Waals surface area contributed by atoms with E-state index < -0.39 is 29.7 Å². The van der Waals surface area contributed by atoms with Crippen molar-refractivity contribution in [2.45, 2.75) is 18.8 Å². The van der Waals surface area contributed by atoms with Crippen molar-refractivity contribution in [1.29, 1.82) is 0 Å². The van der Waals surface area contributed by atoms with E-state index in [1.165, 1.54) is 12.2 Å². The maximum Gasteiger partial charge on any atom is 0.448 e. The molecule has 0 aromatic heterocycles. The summed E-state index contributed by atoms with van der Waals surface area (Å²) in [5.41, 5.74) is -3.65. The van der Waals surface area contributed by atoms with Crippen LogP contribution in [0.15, 0.2) is 24.3 Å². The maximum atomic E-state index is 13.2. The van der Waals surface area contributed by atoms with Gasteiger partial charge in [-0.3, -0.25) is 5.32 Å². The number of halogens is 4. The number of anilines is 1. The lowest BCUT2D eigenvalue weighted by atomic mass is 10.2. The van der Waals surface area contributed by atoms with Crippen LogP contribution in [0.4, 0.5) is 28.0 Å². The van der Waals surface area contributed by atoms with E-state index in [2.05, 4.69) is 9.47 Å². The molecule has 128 valence electrons. The Hall–Kier alpha value is -2.36. The molecule has 1 rings (SSSR count). The number of methoxy groups -OCH3 is 1. The molecule has 23 heavy (non-hydrogen) atoms. The van der Waals surface area contributed by atoms with Crippen LogP contribution in [0, 0.1) is 5.82 Å². The minimum absolute atomic E-state index is 0.0138. The quantitative estimate of drug-likeness (QED) is 0.491. The molecule has 10 heteroatoms. The van der Waals surface area contributed by atoms with Gasteiger partial charge in [0, 0.05) is 12.8 Å². The second-order valence-electron chi connectivity index (χ2n) is 4.19. The third kappa shape index (κ3) is 4.31. The van der Waals surface area contributed by atoms with E-state index >= 15 is 0 Å². The first-order valence-electron chi connectivity index (χ1n) is 6.30. The number of hydrogen-bond acceptors (Lipinski definition) is 4. The SMILES string of the molecule is CCOC(=O)C(NC(=O)Nc1ccc(F)cc1)(OC)C(F)(F)F. The van der Waals surface area contributed by atoms with Gasteiger partial charge in [-0.05, 0) is 31.2 Å². The van der Waals surface area contributed by atoms with Crippen LogP contribution in [0.5, 0.6) is 0 Å². The summed E-state index contributed by atoms with van der Waals surface area (Å²) in [6.45, 7) is 0.953. The van der Waals surface area contributed by atoms with Crippen molar-refractivity contribution in [1.82, 2.24) is 5.32 Å². The van der Waals surface area contributed by atoms with Gasteiger partial charge in [-0.2, -0.15) is 13.2 Å². The fraction of sp³-hybridized carbons (Fsp3) is 0.385. The fourth-order valence-corrected chi connectivity index (χ4v) is 1.58. The van der Waals surface area contributed by atoms with Crippen LogP contribution in [0.3, 0.4) is 0 Å². The molecule has 1 aromatic rings. The highest BCUT2D eigenvalue weighted by molar-refractivity contribution is 5.94. The van der Waals surface area contributed by atoms with Crippen LogP contribution >= 0.6 is 0 Å². The summed E-state index contributed by atoms with van der Waals surface area (Å²) in [5, 5.41) is 3.43. The van der Waals surface area contributed by atoms with E-state index in [0.29, 0.717) is 7.11 Å². The summed E-state index contributed by atoms with van der Waals surface area (Å²) in [5.74, 6) is -2.41. The fourth-order valence-electron chi connectivity index (χ4n) is 1.58. The van der Waals surface area contributed by atoms with Gasteiger partial charge < -0.3 is 14.8 Å². The smallest absolute Gasteiger partial charge is 0.448 e. The Morgan fingerprint density at radius 2 is 1.74 bits per heavy atom. The number of amides is 2. The zero-order valence-electron chi connectivity index (χ0n) is 12.2. The number of carbonyl (C=O) groups excluding carboxylic acids is 2. The summed E-state index contributed by atoms with van der Waals surface area (Å²) in [4.78, 5) is 23.3. The molecule has 1 aromatic carbocycles. The number of esters is 1. The average Bonchev–Trinajstić information content (AvgIpc) is 2.46. The molecule has 0 bridgehead atoms. The number of alkyl halides is 3. The third-order valence-corrected chi connectivity index (χ3v) is 2.66. The van der Waals surface area contributed by atoms with Crippen molar-refractivity contribution in [3.05, 3.63) is 30.1 Å². The summed E-state index contributed by atoms with van der Waals surface area (Å²) in [7, 11) is 0.600. The number of urea groups is 1. The van der Waals surface area contributed by atoms with Crippen LogP contribution in [-0.4, -0.2) is 37.6 Å². The van der Waals surface area contributed by atoms with Crippen molar-refractivity contribution >= 4 is 17.7 Å². The Morgan fingerprint density at radius 3 is 2.17 bits per heavy atom. The van der Waals surface area contributed by atoms with E-state index in [4.69, 9.17) is 0 Å². The predicted octanol–water partition coefficient (Wildman–Crippen LogP) is 2.42. The number of nitrogens with one attached hydrogen (secondary N) is 2. The van der Waals surface area contributed by atoms with E-state index in [1.54, 1.807) is 0 Å². The molecule has 0 heterocycles. The first kappa shape index (κ1) is 18.7. The highest BCUT2D eigenvalue weighted by atomic mass is 19.4. The van der Waals surface area contributed by atoms with E-state index in [0.717, 1.165) is 24.3 Å². The number of ether oxygens (including phenoxy) is 2. The normalized spacial score (nSPS) is 13.8. The lowest BCUT2D eigenvalue weighted by Gasteiger charge is -2.32. The summed E-state index contributed by atoms with van der Waals surface area (Å²) < 4.78 is 60.8. The van der Waals surface area contributed by atoms with Gasteiger partial charge in [-0.1, -0.05) is 0 Å². The molecule has 0 radical (unpaired) electrons. The summed E-state index contributed by atoms with van der Waals surface area (Å²) in [6.07, 6.45) is -5.27. The van der Waals surface area contributed by atoms with Crippen molar-refractivity contribution < 1.29 is 36.6 Å². The Bertz CT molecular complexity index is 562. The zero-order valence-corrected chi connectivity index (χ0v) is 12.2. The van der Waals surface area contributed by atoms with Crippen LogP contribution in [0.2, 0.25) is 0 Å². The lowest BCUT2D eigenvalue weighted by Crippen LogP contribution is -2.66. The molecule has 0 aliphatic carbocycles. The molecular formula is C13H14F4N2O4. The zero-order chi connectivity index (χ0) is 17.7. The molecule has 0 aliphatic heterocycles. The first-order valence-corrected chi connectivity index (χ1v) is 6.30. The second kappa shape index (κ2) is 7.27. The molecule has 6 nitrogen and oxygen atoms in total. The van der Waals surface area contributed by atoms with Gasteiger partial charge in [0.05, 0.1) is 6.61 Å². The van der Waals surface area contributed by atoms with Gasteiger partial charge in [0.2, 0.25) is 0 Å². The Kier molecular flexibility index (Phi) is 5.91. The predicted molar refractivity (Wildman–Crippen MR) is 71.0 cm³/mol. The standard InChI is InChI=1S/C13H14F4N2O4/c1-3-23-10(20)12(22-2,13(15,16)17)19-11(21)18-9-6-4-8(14)5-7-9/h4-7H,3H2,1-2H3,(H2,18,19,21). The van der Waals surface area contributed by atoms with Crippen molar-refractivity contribution in [2.75, 3.05) is 19.0 Å². The molecule has 0 aliphatic rings. The van der Waals surface area contributed by atoms with Gasteiger partial charge in [-0.25, -0.2) is 14.0 Å². The molecular weight excluding hydrogens is 324 g/mol. The van der Waals surface area contributed by atoms with Crippen LogP contribution in [0.1, 0.15) is 6.92 Å². The maximum absolute atomic E-state index is 13.2. The van der Waals surface area contributed by atoms with Crippen molar-refractivity contribution in [3.8, 4) is 0 Å². The van der Waals surface area contributed by atoms with Gasteiger partial charge in [0.25, 0.3) is 0 Å². The Morgan fingerprint density at radius 1 is 1.17 bits per heavy atom. The Balaban J connectivity index is 2.98. The second-order valence-corrected chi connectivity index (χ2v) is 4.19. The van der Waals surface area contributed by atoms with E-state index in [9.17, 15) is 27.2 Å². The number of benzene rings is 1. The van der Waals surface area contributed by atoms with E-state index in [-0.39, 0.29) is 12.3 Å². The minimum atomic E-state index is -5.27. The van der Waals surface area contributed by atoms with Gasteiger partial charge in [0.1, 0.15) is 5.82 Å². The monoisotopic (exact) mass is 338 g/mol. The van der Waals surface area contributed by atoms with Crippen LogP contribution in [-0.2, 0) is 14.3 Å². The summed E-state index contributed by atoms with van der Waals surface area (Å²) >= 11 is 0.